The van der Waals surface area contributed by atoms with Crippen LogP contribution in [0.3, 0.4) is 0 Å². The highest BCUT2D eigenvalue weighted by atomic mass is 19.1. The van der Waals surface area contributed by atoms with Crippen LogP contribution in [0.4, 0.5) is 8.78 Å². The summed E-state index contributed by atoms with van der Waals surface area (Å²) in [6, 6.07) is 7.47. The van der Waals surface area contributed by atoms with Gasteiger partial charge in [0.2, 0.25) is 0 Å². The van der Waals surface area contributed by atoms with E-state index in [4.69, 9.17) is 15.1 Å². The smallest absolute Gasteiger partial charge is 0.336 e. The van der Waals surface area contributed by atoms with Crippen LogP contribution < -0.4 is 4.74 Å². The standard InChI is InChI=1S/C15H9F2NO3/c1-8-10(15(19)20)3-2-4-13(8)21-14-11(16)5-9(7-18)6-12(14)17/h2-6H,1H3,(H,19,20). The Morgan fingerprint density at radius 1 is 1.29 bits per heavy atom. The van der Waals surface area contributed by atoms with Gasteiger partial charge in [0, 0.05) is 5.56 Å². The van der Waals surface area contributed by atoms with Crippen LogP contribution in [0, 0.1) is 29.9 Å². The normalized spacial score (nSPS) is 10.0. The molecule has 0 aliphatic carbocycles. The summed E-state index contributed by atoms with van der Waals surface area (Å²) in [6.45, 7) is 1.47. The van der Waals surface area contributed by atoms with Crippen molar-refractivity contribution in [1.82, 2.24) is 0 Å². The lowest BCUT2D eigenvalue weighted by Crippen LogP contribution is -2.02. The van der Waals surface area contributed by atoms with Crippen LogP contribution in [0.5, 0.6) is 11.5 Å². The van der Waals surface area contributed by atoms with E-state index in [-0.39, 0.29) is 22.4 Å². The first-order chi connectivity index (χ1) is 9.93. The molecule has 0 unspecified atom stereocenters. The Balaban J connectivity index is 2.47. The van der Waals surface area contributed by atoms with E-state index in [1.807, 2.05) is 0 Å². The molecule has 0 aromatic heterocycles. The zero-order valence-electron chi connectivity index (χ0n) is 10.9. The maximum atomic E-state index is 13.7. The molecule has 0 radical (unpaired) electrons. The summed E-state index contributed by atoms with van der Waals surface area (Å²) in [5, 5.41) is 17.6. The van der Waals surface area contributed by atoms with Crippen molar-refractivity contribution in [3.63, 3.8) is 0 Å². The van der Waals surface area contributed by atoms with Crippen molar-refractivity contribution >= 4 is 5.97 Å². The van der Waals surface area contributed by atoms with Crippen molar-refractivity contribution in [3.8, 4) is 17.6 Å². The minimum atomic E-state index is -1.17. The van der Waals surface area contributed by atoms with Crippen molar-refractivity contribution in [2.24, 2.45) is 0 Å². The van der Waals surface area contributed by atoms with Crippen LogP contribution in [-0.2, 0) is 0 Å². The first-order valence-electron chi connectivity index (χ1n) is 5.84. The molecule has 2 aromatic carbocycles. The van der Waals surface area contributed by atoms with Gasteiger partial charge in [0.05, 0.1) is 17.2 Å². The molecule has 0 atom stereocenters. The first-order valence-corrected chi connectivity index (χ1v) is 5.84. The minimum absolute atomic E-state index is 0.0254. The largest absolute Gasteiger partial charge is 0.478 e. The molecule has 0 amide bonds. The van der Waals surface area contributed by atoms with Gasteiger partial charge in [-0.15, -0.1) is 0 Å². The van der Waals surface area contributed by atoms with Gasteiger partial charge in [-0.05, 0) is 31.2 Å². The molecule has 0 aliphatic heterocycles. The topological polar surface area (TPSA) is 70.3 Å². The number of carboxylic acid groups (broad SMARTS) is 1. The second kappa shape index (κ2) is 5.59. The highest BCUT2D eigenvalue weighted by molar-refractivity contribution is 5.90. The van der Waals surface area contributed by atoms with Crippen LogP contribution in [0.25, 0.3) is 0 Å². The van der Waals surface area contributed by atoms with E-state index in [1.165, 1.54) is 25.1 Å². The zero-order chi connectivity index (χ0) is 15.6. The molecular formula is C15H9F2NO3. The second-order valence-electron chi connectivity index (χ2n) is 4.22. The third kappa shape index (κ3) is 2.82. The van der Waals surface area contributed by atoms with E-state index >= 15 is 0 Å². The van der Waals surface area contributed by atoms with Crippen molar-refractivity contribution in [2.75, 3.05) is 0 Å². The Labute approximate surface area is 118 Å². The van der Waals surface area contributed by atoms with Gasteiger partial charge in [-0.3, -0.25) is 0 Å². The molecule has 0 aliphatic rings. The van der Waals surface area contributed by atoms with Gasteiger partial charge in [-0.25, -0.2) is 13.6 Å². The number of hydrogen-bond acceptors (Lipinski definition) is 3. The lowest BCUT2D eigenvalue weighted by Gasteiger charge is -2.12. The van der Waals surface area contributed by atoms with Crippen molar-refractivity contribution in [2.45, 2.75) is 6.92 Å². The third-order valence-corrected chi connectivity index (χ3v) is 2.85. The monoisotopic (exact) mass is 289 g/mol. The van der Waals surface area contributed by atoms with Gasteiger partial charge < -0.3 is 9.84 Å². The van der Waals surface area contributed by atoms with E-state index in [0.29, 0.717) is 0 Å². The molecule has 0 saturated heterocycles. The Kier molecular flexibility index (Phi) is 3.85. The Hall–Kier alpha value is -2.94. The summed E-state index contributed by atoms with van der Waals surface area (Å²) in [5.41, 5.74) is 0.0449. The maximum absolute atomic E-state index is 13.7. The number of halogens is 2. The van der Waals surface area contributed by atoms with Crippen molar-refractivity contribution in [1.29, 1.82) is 5.26 Å². The number of nitriles is 1. The van der Waals surface area contributed by atoms with Crippen LogP contribution >= 0.6 is 0 Å². The van der Waals surface area contributed by atoms with Gasteiger partial charge in [0.15, 0.2) is 17.4 Å². The van der Waals surface area contributed by atoms with E-state index in [9.17, 15) is 13.6 Å². The molecule has 2 aromatic rings. The summed E-state index contributed by atoms with van der Waals surface area (Å²) >= 11 is 0. The number of hydrogen-bond donors (Lipinski definition) is 1. The number of carbonyl (C=O) groups is 1. The molecule has 0 saturated carbocycles. The van der Waals surface area contributed by atoms with Crippen molar-refractivity contribution < 1.29 is 23.4 Å². The lowest BCUT2D eigenvalue weighted by atomic mass is 10.1. The average molecular weight is 289 g/mol. The fourth-order valence-corrected chi connectivity index (χ4v) is 1.79. The molecular weight excluding hydrogens is 280 g/mol. The molecule has 0 fully saturated rings. The number of benzene rings is 2. The Morgan fingerprint density at radius 2 is 1.90 bits per heavy atom. The predicted molar refractivity (Wildman–Crippen MR) is 69.3 cm³/mol. The summed E-state index contributed by atoms with van der Waals surface area (Å²) in [5.74, 6) is -3.89. The fraction of sp³-hybridized carbons (Fsp3) is 0.0667. The lowest BCUT2D eigenvalue weighted by molar-refractivity contribution is 0.0695. The molecule has 2 rings (SSSR count). The minimum Gasteiger partial charge on any atom is -0.478 e. The molecule has 0 bridgehead atoms. The average Bonchev–Trinajstić information content (AvgIpc) is 2.43. The third-order valence-electron chi connectivity index (χ3n) is 2.85. The van der Waals surface area contributed by atoms with Gasteiger partial charge in [-0.2, -0.15) is 5.26 Å². The SMILES string of the molecule is Cc1c(Oc2c(F)cc(C#N)cc2F)cccc1C(=O)O. The second-order valence-corrected chi connectivity index (χ2v) is 4.22. The molecule has 21 heavy (non-hydrogen) atoms. The van der Waals surface area contributed by atoms with Gasteiger partial charge >= 0.3 is 5.97 Å². The van der Waals surface area contributed by atoms with Crippen molar-refractivity contribution in [3.05, 3.63) is 58.7 Å². The Bertz CT molecular complexity index is 743. The van der Waals surface area contributed by atoms with E-state index in [1.54, 1.807) is 6.07 Å². The highest BCUT2D eigenvalue weighted by Gasteiger charge is 2.17. The number of carboxylic acids is 1. The predicted octanol–water partition coefficient (Wildman–Crippen LogP) is 3.64. The quantitative estimate of drug-likeness (QED) is 0.936. The molecule has 0 heterocycles. The van der Waals surface area contributed by atoms with E-state index < -0.39 is 23.4 Å². The summed E-state index contributed by atoms with van der Waals surface area (Å²) in [6.07, 6.45) is 0. The number of nitrogens with zero attached hydrogens (tertiary/aromatic N) is 1. The van der Waals surface area contributed by atoms with Gasteiger partial charge in [0.1, 0.15) is 5.75 Å². The number of aromatic carboxylic acids is 1. The van der Waals surface area contributed by atoms with E-state index in [0.717, 1.165) is 12.1 Å². The summed E-state index contributed by atoms with van der Waals surface area (Å²) < 4.78 is 32.6. The van der Waals surface area contributed by atoms with Gasteiger partial charge in [0.25, 0.3) is 0 Å². The van der Waals surface area contributed by atoms with Gasteiger partial charge in [-0.1, -0.05) is 6.07 Å². The van der Waals surface area contributed by atoms with Crippen LogP contribution in [0.1, 0.15) is 21.5 Å². The summed E-state index contributed by atoms with van der Waals surface area (Å²) in [7, 11) is 0. The fourth-order valence-electron chi connectivity index (χ4n) is 1.79. The van der Waals surface area contributed by atoms with Crippen LogP contribution in [-0.4, -0.2) is 11.1 Å². The number of rotatable bonds is 3. The number of ether oxygens (including phenoxy) is 1. The van der Waals surface area contributed by atoms with Crippen LogP contribution in [0.2, 0.25) is 0 Å². The van der Waals surface area contributed by atoms with E-state index in [2.05, 4.69) is 0 Å². The highest BCUT2D eigenvalue weighted by Crippen LogP contribution is 2.31. The maximum Gasteiger partial charge on any atom is 0.336 e. The molecule has 4 nitrogen and oxygen atoms in total. The molecule has 1 N–H and O–H groups in total. The molecule has 6 heteroatoms. The Morgan fingerprint density at radius 3 is 2.43 bits per heavy atom. The summed E-state index contributed by atoms with van der Waals surface area (Å²) in [4.78, 5) is 11.0. The molecule has 0 spiro atoms. The molecule has 106 valence electrons. The zero-order valence-corrected chi connectivity index (χ0v) is 10.9. The first kappa shape index (κ1) is 14.5. The van der Waals surface area contributed by atoms with Crippen LogP contribution in [0.15, 0.2) is 30.3 Å².